The highest BCUT2D eigenvalue weighted by Gasteiger charge is 2.13. The number of hydrogen-bond acceptors (Lipinski definition) is 6. The Morgan fingerprint density at radius 2 is 2.04 bits per heavy atom. The molecule has 2 aromatic carbocycles. The van der Waals surface area contributed by atoms with Crippen LogP contribution in [0.1, 0.15) is 23.4 Å². The van der Waals surface area contributed by atoms with E-state index in [2.05, 4.69) is 20.4 Å². The molecule has 142 valence electrons. The van der Waals surface area contributed by atoms with Gasteiger partial charge in [0, 0.05) is 18.4 Å². The van der Waals surface area contributed by atoms with Gasteiger partial charge >= 0.3 is 0 Å². The average molecular weight is 396 g/mol. The van der Waals surface area contributed by atoms with Gasteiger partial charge in [-0.2, -0.15) is 4.98 Å². The summed E-state index contributed by atoms with van der Waals surface area (Å²) in [4.78, 5) is 20.8. The molecule has 0 aliphatic rings. The van der Waals surface area contributed by atoms with Crippen LogP contribution < -0.4 is 5.32 Å². The second-order valence-corrected chi connectivity index (χ2v) is 7.54. The molecule has 4 aromatic rings. The van der Waals surface area contributed by atoms with Gasteiger partial charge in [0.25, 0.3) is 0 Å². The van der Waals surface area contributed by atoms with Crippen molar-refractivity contribution < 1.29 is 13.7 Å². The van der Waals surface area contributed by atoms with Gasteiger partial charge in [-0.15, -0.1) is 0 Å². The van der Waals surface area contributed by atoms with Crippen molar-refractivity contribution >= 4 is 32.6 Å². The molecule has 0 radical (unpaired) electrons. The minimum absolute atomic E-state index is 0.179. The van der Waals surface area contributed by atoms with Gasteiger partial charge in [-0.05, 0) is 43.2 Å². The summed E-state index contributed by atoms with van der Waals surface area (Å²) in [6, 6.07) is 10.7. The maximum Gasteiger partial charge on any atom is 0.227 e. The van der Waals surface area contributed by atoms with Crippen molar-refractivity contribution in [3.05, 3.63) is 59.2 Å². The molecule has 0 unspecified atom stereocenters. The van der Waals surface area contributed by atoms with Gasteiger partial charge in [-0.25, -0.2) is 9.37 Å². The van der Waals surface area contributed by atoms with E-state index in [1.807, 2.05) is 25.1 Å². The van der Waals surface area contributed by atoms with Gasteiger partial charge in [-0.3, -0.25) is 4.79 Å². The topological polar surface area (TPSA) is 80.9 Å². The average Bonchev–Trinajstić information content (AvgIpc) is 3.28. The largest absolute Gasteiger partial charge is 0.339 e. The van der Waals surface area contributed by atoms with Crippen molar-refractivity contribution in [2.75, 3.05) is 5.32 Å². The van der Waals surface area contributed by atoms with Crippen molar-refractivity contribution in [2.24, 2.45) is 0 Å². The summed E-state index contributed by atoms with van der Waals surface area (Å²) in [6.07, 6.45) is 0.468. The second kappa shape index (κ2) is 7.47. The molecular formula is C20H17FN4O2S. The van der Waals surface area contributed by atoms with Crippen LogP contribution in [-0.2, 0) is 11.2 Å². The number of benzene rings is 2. The Bertz CT molecular complexity index is 1170. The van der Waals surface area contributed by atoms with Crippen LogP contribution in [0.3, 0.4) is 0 Å². The van der Waals surface area contributed by atoms with Gasteiger partial charge in [0.05, 0.1) is 10.2 Å². The fourth-order valence-electron chi connectivity index (χ4n) is 2.69. The molecule has 2 heterocycles. The van der Waals surface area contributed by atoms with E-state index in [9.17, 15) is 9.18 Å². The zero-order valence-electron chi connectivity index (χ0n) is 15.3. The monoisotopic (exact) mass is 396 g/mol. The van der Waals surface area contributed by atoms with E-state index in [0.29, 0.717) is 28.0 Å². The van der Waals surface area contributed by atoms with Gasteiger partial charge in [0.15, 0.2) is 5.13 Å². The van der Waals surface area contributed by atoms with Crippen LogP contribution in [0.25, 0.3) is 21.6 Å². The third-order valence-corrected chi connectivity index (χ3v) is 5.19. The molecule has 4 rings (SSSR count). The minimum atomic E-state index is -0.325. The Morgan fingerprint density at radius 3 is 2.86 bits per heavy atom. The van der Waals surface area contributed by atoms with Crippen LogP contribution in [0, 0.1) is 19.7 Å². The predicted octanol–water partition coefficient (Wildman–Crippen LogP) is 4.67. The van der Waals surface area contributed by atoms with Crippen LogP contribution in [0.2, 0.25) is 0 Å². The number of thiazole rings is 1. The summed E-state index contributed by atoms with van der Waals surface area (Å²) < 4.78 is 19.9. The summed E-state index contributed by atoms with van der Waals surface area (Å²) in [5, 5.41) is 7.23. The first-order chi connectivity index (χ1) is 13.5. The summed E-state index contributed by atoms with van der Waals surface area (Å²) in [6.45, 7) is 3.70. The summed E-state index contributed by atoms with van der Waals surface area (Å²) >= 11 is 1.44. The van der Waals surface area contributed by atoms with Gasteiger partial charge in [0.1, 0.15) is 5.82 Å². The number of amides is 1. The lowest BCUT2D eigenvalue weighted by molar-refractivity contribution is -0.116. The SMILES string of the molecule is Cc1ccc2nc(NC(=O)CCc3nc(-c4ccc(C)c(F)c4)no3)sc2c1. The number of aryl methyl sites for hydroxylation is 3. The molecule has 0 spiro atoms. The van der Waals surface area contributed by atoms with Crippen molar-refractivity contribution in [3.8, 4) is 11.4 Å². The van der Waals surface area contributed by atoms with Crippen molar-refractivity contribution in [1.82, 2.24) is 15.1 Å². The van der Waals surface area contributed by atoms with Gasteiger partial charge in [0.2, 0.25) is 17.6 Å². The number of halogens is 1. The number of carbonyl (C=O) groups excluding carboxylic acids is 1. The second-order valence-electron chi connectivity index (χ2n) is 6.51. The smallest absolute Gasteiger partial charge is 0.227 e. The molecule has 28 heavy (non-hydrogen) atoms. The predicted molar refractivity (Wildman–Crippen MR) is 106 cm³/mol. The lowest BCUT2D eigenvalue weighted by Crippen LogP contribution is -2.12. The van der Waals surface area contributed by atoms with Crippen LogP contribution in [0.15, 0.2) is 40.9 Å². The minimum Gasteiger partial charge on any atom is -0.339 e. The number of fused-ring (bicyclic) bond motifs is 1. The lowest BCUT2D eigenvalue weighted by Gasteiger charge is -1.99. The van der Waals surface area contributed by atoms with E-state index in [0.717, 1.165) is 15.8 Å². The number of hydrogen-bond donors (Lipinski definition) is 1. The Hall–Kier alpha value is -3.13. The third-order valence-electron chi connectivity index (χ3n) is 4.25. The number of aromatic nitrogens is 3. The molecule has 1 amide bonds. The van der Waals surface area contributed by atoms with E-state index in [1.165, 1.54) is 17.4 Å². The molecule has 0 aliphatic carbocycles. The first-order valence-electron chi connectivity index (χ1n) is 8.74. The fraction of sp³-hybridized carbons (Fsp3) is 0.200. The molecule has 0 bridgehead atoms. The Morgan fingerprint density at radius 1 is 1.18 bits per heavy atom. The molecule has 0 aliphatic heterocycles. The van der Waals surface area contributed by atoms with Gasteiger partial charge < -0.3 is 9.84 Å². The molecule has 2 aromatic heterocycles. The van der Waals surface area contributed by atoms with E-state index < -0.39 is 0 Å². The molecule has 0 atom stereocenters. The number of nitrogens with zero attached hydrogens (tertiary/aromatic N) is 3. The number of nitrogens with one attached hydrogen (secondary N) is 1. The molecule has 1 N–H and O–H groups in total. The van der Waals surface area contributed by atoms with Gasteiger partial charge in [-0.1, -0.05) is 34.7 Å². The zero-order chi connectivity index (χ0) is 19.7. The molecular weight excluding hydrogens is 379 g/mol. The molecule has 0 fully saturated rings. The van der Waals surface area contributed by atoms with Crippen LogP contribution >= 0.6 is 11.3 Å². The number of rotatable bonds is 5. The highest BCUT2D eigenvalue weighted by atomic mass is 32.1. The normalized spacial score (nSPS) is 11.1. The Balaban J connectivity index is 1.38. The summed E-state index contributed by atoms with van der Waals surface area (Å²) in [5.74, 6) is 0.119. The lowest BCUT2D eigenvalue weighted by atomic mass is 10.1. The molecule has 6 nitrogen and oxygen atoms in total. The summed E-state index contributed by atoms with van der Waals surface area (Å²) in [7, 11) is 0. The van der Waals surface area contributed by atoms with Crippen LogP contribution in [0.4, 0.5) is 9.52 Å². The van der Waals surface area contributed by atoms with Crippen LogP contribution in [-0.4, -0.2) is 21.0 Å². The third kappa shape index (κ3) is 3.91. The van der Waals surface area contributed by atoms with Crippen molar-refractivity contribution in [2.45, 2.75) is 26.7 Å². The van der Waals surface area contributed by atoms with E-state index in [4.69, 9.17) is 4.52 Å². The first kappa shape index (κ1) is 18.2. The standard InChI is InChI=1S/C20H17FN4O2S/c1-11-3-6-15-16(9-11)28-20(22-15)23-17(26)7-8-18-24-19(25-27-18)13-5-4-12(2)14(21)10-13/h3-6,9-10H,7-8H2,1-2H3,(H,22,23,26). The fourth-order valence-corrected chi connectivity index (χ4v) is 3.67. The summed E-state index contributed by atoms with van der Waals surface area (Å²) in [5.41, 5.74) is 3.09. The quantitative estimate of drug-likeness (QED) is 0.530. The Kier molecular flexibility index (Phi) is 4.87. The molecule has 8 heteroatoms. The van der Waals surface area contributed by atoms with Crippen molar-refractivity contribution in [3.63, 3.8) is 0 Å². The maximum atomic E-state index is 13.7. The van der Waals surface area contributed by atoms with E-state index in [1.54, 1.807) is 19.1 Å². The zero-order valence-corrected chi connectivity index (χ0v) is 16.1. The first-order valence-corrected chi connectivity index (χ1v) is 9.56. The number of anilines is 1. The van der Waals surface area contributed by atoms with Crippen molar-refractivity contribution in [1.29, 1.82) is 0 Å². The van der Waals surface area contributed by atoms with Crippen LogP contribution in [0.5, 0.6) is 0 Å². The van der Waals surface area contributed by atoms with E-state index in [-0.39, 0.29) is 24.6 Å². The Labute approximate surface area is 164 Å². The molecule has 0 saturated carbocycles. The molecule has 0 saturated heterocycles. The highest BCUT2D eigenvalue weighted by Crippen LogP contribution is 2.27. The number of carbonyl (C=O) groups is 1. The maximum absolute atomic E-state index is 13.7. The van der Waals surface area contributed by atoms with E-state index >= 15 is 0 Å². The highest BCUT2D eigenvalue weighted by molar-refractivity contribution is 7.22.